The molecule has 1 saturated heterocycles. The third-order valence-electron chi connectivity index (χ3n) is 5.66. The number of rotatable bonds is 8. The van der Waals surface area contributed by atoms with Gasteiger partial charge in [0, 0.05) is 25.7 Å². The molecule has 3 aromatic rings. The van der Waals surface area contributed by atoms with Crippen molar-refractivity contribution in [1.29, 1.82) is 0 Å². The third kappa shape index (κ3) is 4.90. The molecule has 2 amide bonds. The minimum absolute atomic E-state index is 0.0225. The Morgan fingerprint density at radius 3 is 2.81 bits per heavy atom. The Balaban J connectivity index is 1.44. The highest BCUT2D eigenvalue weighted by Gasteiger charge is 2.35. The number of hydrogen-bond acceptors (Lipinski definition) is 5. The summed E-state index contributed by atoms with van der Waals surface area (Å²) < 4.78 is 1.91. The lowest BCUT2D eigenvalue weighted by Crippen LogP contribution is -2.36. The first-order valence-electron chi connectivity index (χ1n) is 10.5. The van der Waals surface area contributed by atoms with Gasteiger partial charge in [-0.15, -0.1) is 10.2 Å². The summed E-state index contributed by atoms with van der Waals surface area (Å²) >= 11 is 1.72. The van der Waals surface area contributed by atoms with Crippen molar-refractivity contribution in [3.8, 4) is 0 Å². The van der Waals surface area contributed by atoms with E-state index in [4.69, 9.17) is 0 Å². The number of carbonyl (C=O) groups excluding carboxylic acids is 2. The number of nitrogens with one attached hydrogen (secondary N) is 1. The zero-order chi connectivity index (χ0) is 21.8. The molecular formula is C23H27N5O2S. The van der Waals surface area contributed by atoms with Crippen LogP contribution in [0.1, 0.15) is 35.8 Å². The first kappa shape index (κ1) is 21.4. The molecule has 1 aliphatic rings. The van der Waals surface area contributed by atoms with Crippen LogP contribution in [-0.2, 0) is 16.1 Å². The fraction of sp³-hybridized carbons (Fsp3) is 0.391. The summed E-state index contributed by atoms with van der Waals surface area (Å²) in [4.78, 5) is 27.4. The Bertz CT molecular complexity index is 1070. The van der Waals surface area contributed by atoms with Gasteiger partial charge in [0.2, 0.25) is 11.8 Å². The molecule has 31 heavy (non-hydrogen) atoms. The number of benzene rings is 1. The Morgan fingerprint density at radius 1 is 1.23 bits per heavy atom. The molecule has 0 radical (unpaired) electrons. The fourth-order valence-corrected chi connectivity index (χ4v) is 4.37. The minimum Gasteiger partial charge on any atom is -0.346 e. The molecule has 1 aliphatic heterocycles. The summed E-state index contributed by atoms with van der Waals surface area (Å²) in [6.45, 7) is 3.01. The highest BCUT2D eigenvalue weighted by Crippen LogP contribution is 2.24. The van der Waals surface area contributed by atoms with E-state index in [0.717, 1.165) is 29.2 Å². The van der Waals surface area contributed by atoms with E-state index in [2.05, 4.69) is 15.5 Å². The topological polar surface area (TPSA) is 79.6 Å². The number of aryl methyl sites for hydroxylation is 1. The summed E-state index contributed by atoms with van der Waals surface area (Å²) in [5, 5.41) is 11.7. The van der Waals surface area contributed by atoms with Crippen LogP contribution >= 0.6 is 11.8 Å². The molecule has 2 aromatic heterocycles. The summed E-state index contributed by atoms with van der Waals surface area (Å²) in [5.74, 6) is 1.18. The normalized spacial score (nSPS) is 17.3. The molecule has 0 aliphatic carbocycles. The van der Waals surface area contributed by atoms with Crippen LogP contribution in [0.5, 0.6) is 0 Å². The van der Waals surface area contributed by atoms with Gasteiger partial charge in [-0.05, 0) is 43.0 Å². The zero-order valence-electron chi connectivity index (χ0n) is 17.8. The molecule has 3 heterocycles. The second-order valence-electron chi connectivity index (χ2n) is 7.99. The summed E-state index contributed by atoms with van der Waals surface area (Å²) in [6.07, 6.45) is 4.94. The zero-order valence-corrected chi connectivity index (χ0v) is 18.6. The van der Waals surface area contributed by atoms with Crippen molar-refractivity contribution in [3.05, 3.63) is 65.6 Å². The number of hydrogen-bond donors (Lipinski definition) is 1. The number of nitrogens with zero attached hydrogens (tertiary/aromatic N) is 4. The van der Waals surface area contributed by atoms with E-state index < -0.39 is 0 Å². The van der Waals surface area contributed by atoms with Crippen LogP contribution in [0.3, 0.4) is 0 Å². The van der Waals surface area contributed by atoms with E-state index in [1.807, 2.05) is 66.2 Å². The van der Waals surface area contributed by atoms with Crippen LogP contribution < -0.4 is 5.32 Å². The van der Waals surface area contributed by atoms with Crippen LogP contribution in [0.25, 0.3) is 5.65 Å². The van der Waals surface area contributed by atoms with E-state index in [9.17, 15) is 9.59 Å². The number of aromatic nitrogens is 3. The molecular weight excluding hydrogens is 410 g/mol. The third-order valence-corrected chi connectivity index (χ3v) is 6.30. The van der Waals surface area contributed by atoms with E-state index in [0.29, 0.717) is 13.1 Å². The lowest BCUT2D eigenvalue weighted by atomic mass is 10.1. The van der Waals surface area contributed by atoms with Crippen molar-refractivity contribution >= 4 is 29.2 Å². The number of amides is 2. The summed E-state index contributed by atoms with van der Waals surface area (Å²) in [5.41, 5.74) is 3.01. The van der Waals surface area contributed by atoms with Gasteiger partial charge in [0.15, 0.2) is 11.5 Å². The Labute approximate surface area is 186 Å². The summed E-state index contributed by atoms with van der Waals surface area (Å²) in [6, 6.07) is 13.6. The first-order valence-corrected chi connectivity index (χ1v) is 11.9. The Morgan fingerprint density at radius 2 is 2.03 bits per heavy atom. The molecule has 7 nitrogen and oxygen atoms in total. The molecule has 1 aromatic carbocycles. The SMILES string of the molecule is CSCCC(NC(=O)C1CC(=O)N(Cc2ccc(C)cc2)C1)c1nnc2ccccn12. The van der Waals surface area contributed by atoms with Crippen LogP contribution in [0, 0.1) is 12.8 Å². The van der Waals surface area contributed by atoms with E-state index >= 15 is 0 Å². The highest BCUT2D eigenvalue weighted by atomic mass is 32.2. The molecule has 0 spiro atoms. The first-order chi connectivity index (χ1) is 15.0. The lowest BCUT2D eigenvalue weighted by Gasteiger charge is -2.20. The van der Waals surface area contributed by atoms with Crippen LogP contribution in [0.2, 0.25) is 0 Å². The minimum atomic E-state index is -0.353. The van der Waals surface area contributed by atoms with E-state index in [-0.39, 0.29) is 30.2 Å². The van der Waals surface area contributed by atoms with Gasteiger partial charge in [-0.1, -0.05) is 35.9 Å². The second kappa shape index (κ2) is 9.51. The Kier molecular flexibility index (Phi) is 6.56. The standard InChI is InChI=1S/C23H27N5O2S/c1-16-6-8-17(9-7-16)14-27-15-18(13-21(27)29)23(30)24-19(10-12-31-2)22-26-25-20-5-3-4-11-28(20)22/h3-9,11,18-19H,10,12-15H2,1-2H3,(H,24,30). The average molecular weight is 438 g/mol. The van der Waals surface area contributed by atoms with Crippen molar-refractivity contribution in [1.82, 2.24) is 24.8 Å². The van der Waals surface area contributed by atoms with Crippen molar-refractivity contribution < 1.29 is 9.59 Å². The molecule has 2 unspecified atom stereocenters. The van der Waals surface area contributed by atoms with E-state index in [1.54, 1.807) is 16.7 Å². The maximum Gasteiger partial charge on any atom is 0.226 e. The maximum absolute atomic E-state index is 13.1. The Hall–Kier alpha value is -2.87. The van der Waals surface area contributed by atoms with Crippen molar-refractivity contribution in [2.45, 2.75) is 32.4 Å². The molecule has 1 N–H and O–H groups in total. The van der Waals surface area contributed by atoms with Gasteiger partial charge in [0.25, 0.3) is 0 Å². The highest BCUT2D eigenvalue weighted by molar-refractivity contribution is 7.98. The molecule has 4 rings (SSSR count). The fourth-order valence-electron chi connectivity index (χ4n) is 3.90. The van der Waals surface area contributed by atoms with Crippen LogP contribution in [0.15, 0.2) is 48.7 Å². The van der Waals surface area contributed by atoms with Gasteiger partial charge in [0.05, 0.1) is 12.0 Å². The van der Waals surface area contributed by atoms with Crippen molar-refractivity contribution in [2.75, 3.05) is 18.6 Å². The van der Waals surface area contributed by atoms with Crippen molar-refractivity contribution in [3.63, 3.8) is 0 Å². The van der Waals surface area contributed by atoms with Gasteiger partial charge < -0.3 is 10.2 Å². The molecule has 0 saturated carbocycles. The largest absolute Gasteiger partial charge is 0.346 e. The monoisotopic (exact) mass is 437 g/mol. The molecule has 0 bridgehead atoms. The maximum atomic E-state index is 13.1. The van der Waals surface area contributed by atoms with Gasteiger partial charge in [-0.2, -0.15) is 11.8 Å². The van der Waals surface area contributed by atoms with Gasteiger partial charge in [-0.25, -0.2) is 0 Å². The number of fused-ring (bicyclic) bond motifs is 1. The number of thioether (sulfide) groups is 1. The second-order valence-corrected chi connectivity index (χ2v) is 8.98. The number of likely N-dealkylation sites (tertiary alicyclic amines) is 1. The molecule has 2 atom stereocenters. The molecule has 162 valence electrons. The van der Waals surface area contributed by atoms with Gasteiger partial charge in [-0.3, -0.25) is 14.0 Å². The number of pyridine rings is 1. The predicted molar refractivity (Wildman–Crippen MR) is 122 cm³/mol. The molecule has 1 fully saturated rings. The smallest absolute Gasteiger partial charge is 0.226 e. The predicted octanol–water partition coefficient (Wildman–Crippen LogP) is 3.00. The lowest BCUT2D eigenvalue weighted by molar-refractivity contribution is -0.129. The van der Waals surface area contributed by atoms with Gasteiger partial charge in [0.1, 0.15) is 0 Å². The van der Waals surface area contributed by atoms with Crippen molar-refractivity contribution in [2.24, 2.45) is 5.92 Å². The average Bonchev–Trinajstić information content (AvgIpc) is 3.36. The van der Waals surface area contributed by atoms with E-state index in [1.165, 1.54) is 5.56 Å². The van der Waals surface area contributed by atoms with Gasteiger partial charge >= 0.3 is 0 Å². The quantitative estimate of drug-likeness (QED) is 0.586. The summed E-state index contributed by atoms with van der Waals surface area (Å²) in [7, 11) is 0. The van der Waals surface area contributed by atoms with Crippen LogP contribution in [-0.4, -0.2) is 49.9 Å². The number of carbonyl (C=O) groups is 2. The molecule has 8 heteroatoms. The van der Waals surface area contributed by atoms with Crippen LogP contribution in [0.4, 0.5) is 0 Å².